The van der Waals surface area contributed by atoms with Crippen LogP contribution in [0.25, 0.3) is 0 Å². The summed E-state index contributed by atoms with van der Waals surface area (Å²) in [5.74, 6) is -1.96. The van der Waals surface area contributed by atoms with Gasteiger partial charge in [0.25, 0.3) is 10.0 Å². The maximum absolute atomic E-state index is 13.2. The molecule has 25 heavy (non-hydrogen) atoms. The van der Waals surface area contributed by atoms with Crippen molar-refractivity contribution in [3.05, 3.63) is 48.2 Å². The van der Waals surface area contributed by atoms with E-state index in [1.807, 2.05) is 0 Å². The van der Waals surface area contributed by atoms with Crippen LogP contribution in [-0.4, -0.2) is 48.4 Å². The van der Waals surface area contributed by atoms with Crippen molar-refractivity contribution in [2.45, 2.75) is 10.9 Å². The first-order chi connectivity index (χ1) is 11.8. The van der Waals surface area contributed by atoms with Gasteiger partial charge in [-0.25, -0.2) is 17.8 Å². The summed E-state index contributed by atoms with van der Waals surface area (Å²) < 4.78 is 46.3. The van der Waals surface area contributed by atoms with Crippen LogP contribution in [0.1, 0.15) is 11.5 Å². The van der Waals surface area contributed by atoms with Crippen molar-refractivity contribution in [1.82, 2.24) is 13.9 Å². The molecule has 134 valence electrons. The molecular formula is C16H18FN3O4S. The molecule has 1 saturated heterocycles. The predicted molar refractivity (Wildman–Crippen MR) is 86.6 cm³/mol. The summed E-state index contributed by atoms with van der Waals surface area (Å²) in [7, 11) is -0.883. The number of rotatable bonds is 4. The number of carbonyl (C=O) groups is 1. The van der Waals surface area contributed by atoms with E-state index in [0.29, 0.717) is 5.56 Å². The molecule has 0 unspecified atom stereocenters. The second-order valence-electron chi connectivity index (χ2n) is 5.99. The Bertz CT molecular complexity index is 879. The molecule has 0 amide bonds. The fourth-order valence-electron chi connectivity index (χ4n) is 3.06. The quantitative estimate of drug-likeness (QED) is 0.757. The van der Waals surface area contributed by atoms with Gasteiger partial charge < -0.3 is 9.30 Å². The van der Waals surface area contributed by atoms with Gasteiger partial charge in [0.05, 0.1) is 19.4 Å². The molecule has 1 aromatic heterocycles. The van der Waals surface area contributed by atoms with E-state index in [0.717, 1.165) is 0 Å². The highest BCUT2D eigenvalue weighted by Gasteiger charge is 2.44. The normalized spacial score (nSPS) is 21.4. The first kappa shape index (κ1) is 17.6. The number of hydrogen-bond acceptors (Lipinski definition) is 5. The molecule has 0 radical (unpaired) electrons. The summed E-state index contributed by atoms with van der Waals surface area (Å²) in [5, 5.41) is -0.0710. The number of nitrogens with zero attached hydrogens (tertiary/aromatic N) is 3. The Kier molecular flexibility index (Phi) is 4.61. The number of carbonyl (C=O) groups excluding carboxylic acids is 1. The number of esters is 1. The molecule has 1 aromatic carbocycles. The summed E-state index contributed by atoms with van der Waals surface area (Å²) in [4.78, 5) is 16.0. The Morgan fingerprint density at radius 1 is 1.28 bits per heavy atom. The maximum atomic E-state index is 13.2. The minimum Gasteiger partial charge on any atom is -0.469 e. The zero-order chi connectivity index (χ0) is 18.2. The number of hydrogen-bond donors (Lipinski definition) is 0. The lowest BCUT2D eigenvalue weighted by Gasteiger charge is -2.16. The minimum absolute atomic E-state index is 0.00633. The second kappa shape index (κ2) is 6.57. The molecule has 0 N–H and O–H groups in total. The van der Waals surface area contributed by atoms with Crippen LogP contribution in [0.5, 0.6) is 0 Å². The lowest BCUT2D eigenvalue weighted by Crippen LogP contribution is -2.30. The van der Waals surface area contributed by atoms with Crippen LogP contribution < -0.4 is 0 Å². The zero-order valence-electron chi connectivity index (χ0n) is 13.8. The fourth-order valence-corrected chi connectivity index (χ4v) is 4.51. The lowest BCUT2D eigenvalue weighted by molar-refractivity contribution is -0.145. The molecule has 7 nitrogen and oxygen atoms in total. The summed E-state index contributed by atoms with van der Waals surface area (Å²) in [5.41, 5.74) is 0.690. The number of methoxy groups -OCH3 is 1. The van der Waals surface area contributed by atoms with E-state index in [2.05, 4.69) is 4.98 Å². The molecule has 0 bridgehead atoms. The fraction of sp³-hybridized carbons (Fsp3) is 0.375. The minimum atomic E-state index is -3.82. The second-order valence-corrected chi connectivity index (χ2v) is 7.87. The van der Waals surface area contributed by atoms with Gasteiger partial charge in [-0.1, -0.05) is 12.1 Å². The average molecular weight is 367 g/mol. The van der Waals surface area contributed by atoms with Crippen molar-refractivity contribution in [3.8, 4) is 0 Å². The highest BCUT2D eigenvalue weighted by atomic mass is 32.2. The Morgan fingerprint density at radius 3 is 2.52 bits per heavy atom. The topological polar surface area (TPSA) is 81.5 Å². The Hall–Kier alpha value is -2.26. The molecule has 0 aliphatic carbocycles. The number of ether oxygens (including phenoxy) is 1. The molecular weight excluding hydrogens is 349 g/mol. The van der Waals surface area contributed by atoms with Gasteiger partial charge in [-0.05, 0) is 17.7 Å². The first-order valence-electron chi connectivity index (χ1n) is 7.64. The van der Waals surface area contributed by atoms with Crippen molar-refractivity contribution in [2.24, 2.45) is 13.0 Å². The molecule has 1 aliphatic rings. The van der Waals surface area contributed by atoms with Gasteiger partial charge >= 0.3 is 5.97 Å². The van der Waals surface area contributed by atoms with E-state index in [-0.39, 0.29) is 18.1 Å². The van der Waals surface area contributed by atoms with Crippen molar-refractivity contribution >= 4 is 16.0 Å². The third-order valence-electron chi connectivity index (χ3n) is 4.37. The zero-order valence-corrected chi connectivity index (χ0v) is 14.6. The molecule has 2 heterocycles. The van der Waals surface area contributed by atoms with Crippen LogP contribution in [0.3, 0.4) is 0 Å². The Labute approximate surface area is 145 Å². The monoisotopic (exact) mass is 367 g/mol. The van der Waals surface area contributed by atoms with Gasteiger partial charge in [0.1, 0.15) is 5.82 Å². The summed E-state index contributed by atoms with van der Waals surface area (Å²) in [6.45, 7) is 0.0952. The first-order valence-corrected chi connectivity index (χ1v) is 9.08. The summed E-state index contributed by atoms with van der Waals surface area (Å²) >= 11 is 0. The van der Waals surface area contributed by atoms with Crippen LogP contribution in [0.4, 0.5) is 4.39 Å². The molecule has 1 fully saturated rings. The SMILES string of the molecule is COC(=O)[C@H]1CN(S(=O)(=O)c2cn(C)cn2)C[C@@H]1c1ccc(F)cc1. The van der Waals surface area contributed by atoms with Crippen molar-refractivity contribution in [3.63, 3.8) is 0 Å². The molecule has 3 rings (SSSR count). The summed E-state index contributed by atoms with van der Waals surface area (Å²) in [6.07, 6.45) is 2.81. The van der Waals surface area contributed by atoms with Crippen molar-refractivity contribution in [1.29, 1.82) is 0 Å². The largest absolute Gasteiger partial charge is 0.469 e. The summed E-state index contributed by atoms with van der Waals surface area (Å²) in [6, 6.07) is 5.71. The van der Waals surface area contributed by atoms with E-state index in [1.165, 1.54) is 40.6 Å². The van der Waals surface area contributed by atoms with E-state index in [9.17, 15) is 17.6 Å². The maximum Gasteiger partial charge on any atom is 0.310 e. The number of aromatic nitrogens is 2. The van der Waals surface area contributed by atoms with Crippen LogP contribution in [0.15, 0.2) is 41.8 Å². The van der Waals surface area contributed by atoms with E-state index < -0.39 is 33.6 Å². The number of benzene rings is 1. The molecule has 9 heteroatoms. The number of imidazole rings is 1. The Balaban J connectivity index is 1.94. The van der Waals surface area contributed by atoms with E-state index in [4.69, 9.17) is 4.74 Å². The predicted octanol–water partition coefficient (Wildman–Crippen LogP) is 1.14. The van der Waals surface area contributed by atoms with Crippen LogP contribution in [-0.2, 0) is 26.6 Å². The third kappa shape index (κ3) is 3.29. The lowest BCUT2D eigenvalue weighted by atomic mass is 9.89. The number of sulfonamides is 1. The standard InChI is InChI=1S/C16H18FN3O4S/c1-19-9-15(18-10-19)25(22,23)20-7-13(14(8-20)16(21)24-2)11-3-5-12(17)6-4-11/h3-6,9-10,13-14H,7-8H2,1-2H3/t13-,14+/m1/s1. The van der Waals surface area contributed by atoms with E-state index in [1.54, 1.807) is 19.2 Å². The van der Waals surface area contributed by atoms with Crippen LogP contribution in [0.2, 0.25) is 0 Å². The van der Waals surface area contributed by atoms with Gasteiger partial charge in [-0.15, -0.1) is 0 Å². The van der Waals surface area contributed by atoms with Crippen LogP contribution in [0, 0.1) is 11.7 Å². The molecule has 2 atom stereocenters. The Morgan fingerprint density at radius 2 is 1.96 bits per heavy atom. The average Bonchev–Trinajstić information content (AvgIpc) is 3.22. The smallest absolute Gasteiger partial charge is 0.310 e. The molecule has 2 aromatic rings. The van der Waals surface area contributed by atoms with Crippen molar-refractivity contribution < 1.29 is 22.3 Å². The highest BCUT2D eigenvalue weighted by molar-refractivity contribution is 7.89. The highest BCUT2D eigenvalue weighted by Crippen LogP contribution is 2.36. The molecule has 1 aliphatic heterocycles. The van der Waals surface area contributed by atoms with Gasteiger partial charge in [0.2, 0.25) is 0 Å². The van der Waals surface area contributed by atoms with Gasteiger partial charge in [-0.2, -0.15) is 4.31 Å². The van der Waals surface area contributed by atoms with Crippen molar-refractivity contribution in [2.75, 3.05) is 20.2 Å². The third-order valence-corrected chi connectivity index (χ3v) is 6.09. The number of halogens is 1. The van der Waals surface area contributed by atoms with Gasteiger partial charge in [0.15, 0.2) is 5.03 Å². The molecule has 0 saturated carbocycles. The van der Waals surface area contributed by atoms with Gasteiger partial charge in [-0.3, -0.25) is 4.79 Å². The van der Waals surface area contributed by atoms with Crippen LogP contribution >= 0.6 is 0 Å². The van der Waals surface area contributed by atoms with E-state index >= 15 is 0 Å². The molecule has 0 spiro atoms. The number of aryl methyl sites for hydroxylation is 1. The van der Waals surface area contributed by atoms with Gasteiger partial charge in [0, 0.05) is 32.3 Å².